The van der Waals surface area contributed by atoms with Crippen LogP contribution in [0.4, 0.5) is 0 Å². The highest BCUT2D eigenvalue weighted by atomic mass is 16.5. The smallest absolute Gasteiger partial charge is 0.355 e. The van der Waals surface area contributed by atoms with Crippen molar-refractivity contribution < 1.29 is 9.53 Å². The fourth-order valence-corrected chi connectivity index (χ4v) is 1.53. The van der Waals surface area contributed by atoms with Gasteiger partial charge in [-0.05, 0) is 6.07 Å². The SMILES string of the molecule is COC(=O)c1ccc(CN=O)c2nccn12. The number of hydrogen-bond acceptors (Lipinski definition) is 5. The third kappa shape index (κ3) is 1.54. The zero-order chi connectivity index (χ0) is 11.5. The van der Waals surface area contributed by atoms with E-state index in [4.69, 9.17) is 0 Å². The zero-order valence-electron chi connectivity index (χ0n) is 8.58. The highest BCUT2D eigenvalue weighted by Crippen LogP contribution is 2.14. The monoisotopic (exact) mass is 219 g/mol. The lowest BCUT2D eigenvalue weighted by Crippen LogP contribution is -2.08. The Balaban J connectivity index is 2.63. The molecule has 0 aliphatic heterocycles. The molecule has 6 nitrogen and oxygen atoms in total. The van der Waals surface area contributed by atoms with Gasteiger partial charge in [0.2, 0.25) is 0 Å². The van der Waals surface area contributed by atoms with Crippen LogP contribution in [0.2, 0.25) is 0 Å². The molecule has 0 saturated heterocycles. The Morgan fingerprint density at radius 1 is 1.56 bits per heavy atom. The van der Waals surface area contributed by atoms with Crippen LogP contribution in [0.1, 0.15) is 16.1 Å². The van der Waals surface area contributed by atoms with E-state index >= 15 is 0 Å². The predicted octanol–water partition coefficient (Wildman–Crippen LogP) is 1.39. The van der Waals surface area contributed by atoms with Crippen molar-refractivity contribution in [3.63, 3.8) is 0 Å². The van der Waals surface area contributed by atoms with E-state index in [9.17, 15) is 9.70 Å². The predicted molar refractivity (Wildman–Crippen MR) is 56.0 cm³/mol. The molecule has 16 heavy (non-hydrogen) atoms. The summed E-state index contributed by atoms with van der Waals surface area (Å²) in [5.41, 5.74) is 1.58. The maximum atomic E-state index is 11.4. The number of nitroso groups, excluding NO2 is 1. The lowest BCUT2D eigenvalue weighted by molar-refractivity contribution is 0.0592. The number of esters is 1. The summed E-state index contributed by atoms with van der Waals surface area (Å²) in [6, 6.07) is 3.23. The van der Waals surface area contributed by atoms with Gasteiger partial charge in [-0.25, -0.2) is 9.78 Å². The van der Waals surface area contributed by atoms with Crippen molar-refractivity contribution in [1.29, 1.82) is 0 Å². The van der Waals surface area contributed by atoms with Crippen LogP contribution in [0.15, 0.2) is 29.7 Å². The minimum absolute atomic E-state index is 0.0297. The average molecular weight is 219 g/mol. The molecule has 0 amide bonds. The van der Waals surface area contributed by atoms with Crippen molar-refractivity contribution in [3.05, 3.63) is 40.7 Å². The van der Waals surface area contributed by atoms with Gasteiger partial charge in [0.1, 0.15) is 17.9 Å². The Hall–Kier alpha value is -2.24. The van der Waals surface area contributed by atoms with Gasteiger partial charge in [0.05, 0.1) is 7.11 Å². The molecule has 0 spiro atoms. The summed E-state index contributed by atoms with van der Waals surface area (Å²) in [7, 11) is 1.31. The van der Waals surface area contributed by atoms with Crippen molar-refractivity contribution in [2.75, 3.05) is 7.11 Å². The second-order valence-electron chi connectivity index (χ2n) is 3.14. The Labute approximate surface area is 90.8 Å². The first-order valence-corrected chi connectivity index (χ1v) is 4.60. The normalized spacial score (nSPS) is 10.3. The molecule has 2 aromatic rings. The fraction of sp³-hybridized carbons (Fsp3) is 0.200. The third-order valence-electron chi connectivity index (χ3n) is 2.26. The van der Waals surface area contributed by atoms with E-state index in [0.717, 1.165) is 0 Å². The number of methoxy groups -OCH3 is 1. The summed E-state index contributed by atoms with van der Waals surface area (Å²) in [6.45, 7) is 0.0297. The molecule has 0 radical (unpaired) electrons. The van der Waals surface area contributed by atoms with Crippen molar-refractivity contribution in [2.24, 2.45) is 5.18 Å². The highest BCUT2D eigenvalue weighted by Gasteiger charge is 2.12. The summed E-state index contributed by atoms with van der Waals surface area (Å²) in [6.07, 6.45) is 3.19. The van der Waals surface area contributed by atoms with E-state index in [1.165, 1.54) is 7.11 Å². The van der Waals surface area contributed by atoms with Gasteiger partial charge in [-0.3, -0.25) is 4.40 Å². The largest absolute Gasteiger partial charge is 0.464 e. The van der Waals surface area contributed by atoms with Crippen LogP contribution >= 0.6 is 0 Å². The minimum atomic E-state index is -0.450. The number of pyridine rings is 1. The molecule has 0 aliphatic rings. The van der Waals surface area contributed by atoms with Gasteiger partial charge in [-0.2, -0.15) is 4.91 Å². The lowest BCUT2D eigenvalue weighted by atomic mass is 10.2. The molecule has 2 aromatic heterocycles. The van der Waals surface area contributed by atoms with E-state index in [-0.39, 0.29) is 6.54 Å². The Bertz CT molecular complexity index is 547. The van der Waals surface area contributed by atoms with Crippen LogP contribution in [0, 0.1) is 4.91 Å². The topological polar surface area (TPSA) is 73.0 Å². The van der Waals surface area contributed by atoms with Crippen LogP contribution < -0.4 is 0 Å². The number of aromatic nitrogens is 2. The van der Waals surface area contributed by atoms with Crippen LogP contribution in [-0.2, 0) is 11.3 Å². The van der Waals surface area contributed by atoms with Crippen LogP contribution in [-0.4, -0.2) is 22.5 Å². The number of fused-ring (bicyclic) bond motifs is 1. The molecule has 0 aromatic carbocycles. The summed E-state index contributed by atoms with van der Waals surface area (Å²) in [5, 5.41) is 2.81. The molecule has 0 atom stereocenters. The first-order valence-electron chi connectivity index (χ1n) is 4.60. The Morgan fingerprint density at radius 3 is 3.06 bits per heavy atom. The van der Waals surface area contributed by atoms with Crippen LogP contribution in [0.3, 0.4) is 0 Å². The molecular weight excluding hydrogens is 210 g/mol. The minimum Gasteiger partial charge on any atom is -0.464 e. The maximum Gasteiger partial charge on any atom is 0.355 e. The summed E-state index contributed by atoms with van der Waals surface area (Å²) < 4.78 is 6.22. The second kappa shape index (κ2) is 4.09. The number of carbonyl (C=O) groups is 1. The molecular formula is C10H9N3O3. The van der Waals surface area contributed by atoms with Crippen molar-refractivity contribution in [1.82, 2.24) is 9.38 Å². The molecule has 0 N–H and O–H groups in total. The second-order valence-corrected chi connectivity index (χ2v) is 3.14. The van der Waals surface area contributed by atoms with Crippen molar-refractivity contribution in [3.8, 4) is 0 Å². The number of imidazole rings is 1. The number of ether oxygens (including phenoxy) is 1. The average Bonchev–Trinajstić information content (AvgIpc) is 2.78. The van der Waals surface area contributed by atoms with E-state index in [1.807, 2.05) is 0 Å². The van der Waals surface area contributed by atoms with Crippen LogP contribution in [0.25, 0.3) is 5.65 Å². The number of carbonyl (C=O) groups excluding carboxylic acids is 1. The summed E-state index contributed by atoms with van der Waals surface area (Å²) >= 11 is 0. The Kier molecular flexibility index (Phi) is 2.63. The third-order valence-corrected chi connectivity index (χ3v) is 2.26. The lowest BCUT2D eigenvalue weighted by Gasteiger charge is -2.05. The van der Waals surface area contributed by atoms with E-state index in [0.29, 0.717) is 16.9 Å². The van der Waals surface area contributed by atoms with Crippen LogP contribution in [0.5, 0.6) is 0 Å². The van der Waals surface area contributed by atoms with E-state index in [1.54, 1.807) is 28.9 Å². The molecule has 2 rings (SSSR count). The molecule has 0 saturated carbocycles. The van der Waals surface area contributed by atoms with Gasteiger partial charge in [0.15, 0.2) is 0 Å². The van der Waals surface area contributed by atoms with Gasteiger partial charge in [0.25, 0.3) is 0 Å². The molecule has 0 aliphatic carbocycles. The molecule has 6 heteroatoms. The van der Waals surface area contributed by atoms with E-state index in [2.05, 4.69) is 14.9 Å². The summed E-state index contributed by atoms with van der Waals surface area (Å²) in [5.74, 6) is -0.450. The summed E-state index contributed by atoms with van der Waals surface area (Å²) in [4.78, 5) is 25.7. The maximum absolute atomic E-state index is 11.4. The molecule has 82 valence electrons. The van der Waals surface area contributed by atoms with Crippen molar-refractivity contribution >= 4 is 11.6 Å². The molecule has 0 fully saturated rings. The molecule has 2 heterocycles. The molecule has 0 unspecified atom stereocenters. The highest BCUT2D eigenvalue weighted by molar-refractivity contribution is 5.88. The zero-order valence-corrected chi connectivity index (χ0v) is 8.58. The molecule has 0 bridgehead atoms. The standard InChI is InChI=1S/C10H9N3O3/c1-16-10(14)8-3-2-7(6-12-15)9-11-4-5-13(8)9/h2-5H,6H2,1H3. The Morgan fingerprint density at radius 2 is 2.38 bits per heavy atom. The van der Waals surface area contributed by atoms with Gasteiger partial charge < -0.3 is 4.74 Å². The number of rotatable bonds is 3. The first-order chi connectivity index (χ1) is 7.77. The van der Waals surface area contributed by atoms with Gasteiger partial charge in [-0.15, -0.1) is 0 Å². The van der Waals surface area contributed by atoms with E-state index < -0.39 is 5.97 Å². The number of nitrogens with zero attached hydrogens (tertiary/aromatic N) is 3. The van der Waals surface area contributed by atoms with Gasteiger partial charge >= 0.3 is 5.97 Å². The number of hydrogen-bond donors (Lipinski definition) is 0. The quantitative estimate of drug-likeness (QED) is 0.577. The van der Waals surface area contributed by atoms with Gasteiger partial charge in [0, 0.05) is 18.0 Å². The van der Waals surface area contributed by atoms with Crippen molar-refractivity contribution in [2.45, 2.75) is 6.54 Å². The fourth-order valence-electron chi connectivity index (χ4n) is 1.53. The first kappa shape index (κ1) is 10.3. The van der Waals surface area contributed by atoms with Gasteiger partial charge in [-0.1, -0.05) is 11.2 Å².